The Balaban J connectivity index is 1.86. The van der Waals surface area contributed by atoms with E-state index >= 15 is 0 Å². The van der Waals surface area contributed by atoms with E-state index in [1.165, 1.54) is 6.42 Å². The van der Waals surface area contributed by atoms with Crippen molar-refractivity contribution in [3.8, 4) is 0 Å². The Morgan fingerprint density at radius 3 is 1.87 bits per heavy atom. The van der Waals surface area contributed by atoms with E-state index in [4.69, 9.17) is 0 Å². The molecule has 1 amide bonds. The molecule has 1 saturated heterocycles. The molecule has 2 heteroatoms. The molecule has 2 aromatic carbocycles. The van der Waals surface area contributed by atoms with Crippen LogP contribution in [0.15, 0.2) is 60.7 Å². The standard InChI is InChI=1S/C21H25NO/c1-2-17-13-15-22(16-14-17)21(23)20(18-9-5-3-6-10-18)19-11-7-4-8-12-19/h3-12,17,20H,2,13-16H2,1H3. The molecular formula is C21H25NO. The van der Waals surface area contributed by atoms with Gasteiger partial charge < -0.3 is 4.90 Å². The minimum Gasteiger partial charge on any atom is -0.342 e. The number of carbonyl (C=O) groups is 1. The largest absolute Gasteiger partial charge is 0.342 e. The fourth-order valence-corrected chi connectivity index (χ4v) is 3.51. The number of benzene rings is 2. The molecular weight excluding hydrogens is 282 g/mol. The second-order valence-electron chi connectivity index (χ2n) is 6.43. The Labute approximate surface area is 139 Å². The van der Waals surface area contributed by atoms with Gasteiger partial charge in [0, 0.05) is 13.1 Å². The molecule has 2 aromatic rings. The maximum Gasteiger partial charge on any atom is 0.234 e. The zero-order chi connectivity index (χ0) is 16.1. The molecule has 2 nitrogen and oxygen atoms in total. The smallest absolute Gasteiger partial charge is 0.234 e. The summed E-state index contributed by atoms with van der Waals surface area (Å²) in [5.74, 6) is 0.846. The van der Waals surface area contributed by atoms with Crippen LogP contribution in [0.3, 0.4) is 0 Å². The van der Waals surface area contributed by atoms with Gasteiger partial charge in [-0.15, -0.1) is 0 Å². The normalized spacial score (nSPS) is 15.8. The zero-order valence-electron chi connectivity index (χ0n) is 13.8. The van der Waals surface area contributed by atoms with E-state index in [0.29, 0.717) is 0 Å². The molecule has 3 rings (SSSR count). The summed E-state index contributed by atoms with van der Waals surface area (Å²) in [6, 6.07) is 20.3. The van der Waals surface area contributed by atoms with Crippen molar-refractivity contribution in [1.82, 2.24) is 4.90 Å². The molecule has 0 aliphatic carbocycles. The molecule has 1 aliphatic rings. The van der Waals surface area contributed by atoms with E-state index in [2.05, 4.69) is 36.1 Å². The lowest BCUT2D eigenvalue weighted by molar-refractivity contribution is -0.133. The maximum atomic E-state index is 13.2. The molecule has 0 atom stereocenters. The molecule has 0 unspecified atom stereocenters. The molecule has 0 aromatic heterocycles. The van der Waals surface area contributed by atoms with Crippen LogP contribution >= 0.6 is 0 Å². The van der Waals surface area contributed by atoms with E-state index in [9.17, 15) is 4.79 Å². The van der Waals surface area contributed by atoms with Gasteiger partial charge in [0.15, 0.2) is 0 Å². The van der Waals surface area contributed by atoms with E-state index in [0.717, 1.165) is 43.0 Å². The summed E-state index contributed by atoms with van der Waals surface area (Å²) in [6.07, 6.45) is 3.50. The average molecular weight is 307 g/mol. The van der Waals surface area contributed by atoms with E-state index in [1.54, 1.807) is 0 Å². The van der Waals surface area contributed by atoms with Crippen molar-refractivity contribution in [2.45, 2.75) is 32.1 Å². The maximum absolute atomic E-state index is 13.2. The topological polar surface area (TPSA) is 20.3 Å². The fraction of sp³-hybridized carbons (Fsp3) is 0.381. The van der Waals surface area contributed by atoms with E-state index in [1.807, 2.05) is 36.4 Å². The summed E-state index contributed by atoms with van der Waals surface area (Å²) in [5.41, 5.74) is 2.17. The minimum atomic E-state index is -0.185. The number of likely N-dealkylation sites (tertiary alicyclic amines) is 1. The van der Waals surface area contributed by atoms with Crippen LogP contribution in [-0.4, -0.2) is 23.9 Å². The lowest BCUT2D eigenvalue weighted by atomic mass is 9.88. The summed E-state index contributed by atoms with van der Waals surface area (Å²) >= 11 is 0. The van der Waals surface area contributed by atoms with Crippen molar-refractivity contribution in [3.05, 3.63) is 71.8 Å². The highest BCUT2D eigenvalue weighted by Crippen LogP contribution is 2.29. The van der Waals surface area contributed by atoms with Gasteiger partial charge in [-0.1, -0.05) is 74.0 Å². The summed E-state index contributed by atoms with van der Waals surface area (Å²) in [7, 11) is 0. The Morgan fingerprint density at radius 1 is 0.957 bits per heavy atom. The highest BCUT2D eigenvalue weighted by Gasteiger charge is 2.29. The first kappa shape index (κ1) is 15.8. The second kappa shape index (κ2) is 7.45. The Bertz CT molecular complexity index is 575. The average Bonchev–Trinajstić information content (AvgIpc) is 2.64. The van der Waals surface area contributed by atoms with Crippen LogP contribution in [0.2, 0.25) is 0 Å². The molecule has 1 fully saturated rings. The highest BCUT2D eigenvalue weighted by atomic mass is 16.2. The second-order valence-corrected chi connectivity index (χ2v) is 6.43. The number of nitrogens with zero attached hydrogens (tertiary/aromatic N) is 1. The number of rotatable bonds is 4. The highest BCUT2D eigenvalue weighted by molar-refractivity contribution is 5.87. The predicted octanol–water partition coefficient (Wildman–Crippen LogP) is 4.47. The van der Waals surface area contributed by atoms with Crippen molar-refractivity contribution >= 4 is 5.91 Å². The lowest BCUT2D eigenvalue weighted by Gasteiger charge is -2.34. The first-order valence-corrected chi connectivity index (χ1v) is 8.68. The quantitative estimate of drug-likeness (QED) is 0.816. The van der Waals surface area contributed by atoms with Crippen LogP contribution in [0, 0.1) is 5.92 Å². The van der Waals surface area contributed by atoms with Crippen LogP contribution in [-0.2, 0) is 4.79 Å². The summed E-state index contributed by atoms with van der Waals surface area (Å²) in [5, 5.41) is 0. The van der Waals surface area contributed by atoms with Gasteiger partial charge in [-0.25, -0.2) is 0 Å². The molecule has 0 bridgehead atoms. The number of carbonyl (C=O) groups excluding carboxylic acids is 1. The van der Waals surface area contributed by atoms with Crippen LogP contribution in [0.4, 0.5) is 0 Å². The lowest BCUT2D eigenvalue weighted by Crippen LogP contribution is -2.41. The predicted molar refractivity (Wildman–Crippen MR) is 94.3 cm³/mol. The van der Waals surface area contributed by atoms with Gasteiger partial charge in [-0.2, -0.15) is 0 Å². The first-order chi connectivity index (χ1) is 11.3. The number of piperidine rings is 1. The number of hydrogen-bond acceptors (Lipinski definition) is 1. The fourth-order valence-electron chi connectivity index (χ4n) is 3.51. The van der Waals surface area contributed by atoms with Crippen molar-refractivity contribution in [3.63, 3.8) is 0 Å². The van der Waals surface area contributed by atoms with Crippen molar-refractivity contribution < 1.29 is 4.79 Å². The van der Waals surface area contributed by atoms with E-state index in [-0.39, 0.29) is 11.8 Å². The van der Waals surface area contributed by atoms with Crippen LogP contribution < -0.4 is 0 Å². The van der Waals surface area contributed by atoms with E-state index < -0.39 is 0 Å². The Morgan fingerprint density at radius 2 is 1.43 bits per heavy atom. The molecule has 0 N–H and O–H groups in total. The molecule has 0 saturated carbocycles. The number of hydrogen-bond donors (Lipinski definition) is 0. The zero-order valence-corrected chi connectivity index (χ0v) is 13.8. The summed E-state index contributed by atoms with van der Waals surface area (Å²) < 4.78 is 0. The molecule has 0 spiro atoms. The van der Waals surface area contributed by atoms with Crippen molar-refractivity contribution in [1.29, 1.82) is 0 Å². The van der Waals surface area contributed by atoms with Gasteiger partial charge in [0.05, 0.1) is 5.92 Å². The minimum absolute atomic E-state index is 0.185. The van der Waals surface area contributed by atoms with Gasteiger partial charge in [-0.05, 0) is 29.9 Å². The van der Waals surface area contributed by atoms with Gasteiger partial charge in [0.25, 0.3) is 0 Å². The van der Waals surface area contributed by atoms with Gasteiger partial charge >= 0.3 is 0 Å². The van der Waals surface area contributed by atoms with Crippen molar-refractivity contribution in [2.75, 3.05) is 13.1 Å². The van der Waals surface area contributed by atoms with Crippen molar-refractivity contribution in [2.24, 2.45) is 5.92 Å². The van der Waals surface area contributed by atoms with Crippen LogP contribution in [0.1, 0.15) is 43.2 Å². The van der Waals surface area contributed by atoms with Crippen LogP contribution in [0.25, 0.3) is 0 Å². The Hall–Kier alpha value is -2.09. The SMILES string of the molecule is CCC1CCN(C(=O)C(c2ccccc2)c2ccccc2)CC1. The first-order valence-electron chi connectivity index (χ1n) is 8.68. The Kier molecular flexibility index (Phi) is 5.12. The summed E-state index contributed by atoms with van der Waals surface area (Å²) in [4.78, 5) is 15.3. The third-order valence-corrected chi connectivity index (χ3v) is 5.02. The molecule has 1 aliphatic heterocycles. The molecule has 0 radical (unpaired) electrons. The van der Waals surface area contributed by atoms with Crippen LogP contribution in [0.5, 0.6) is 0 Å². The number of amides is 1. The molecule has 1 heterocycles. The summed E-state index contributed by atoms with van der Waals surface area (Å²) in [6.45, 7) is 4.04. The molecule has 120 valence electrons. The molecule has 23 heavy (non-hydrogen) atoms. The monoisotopic (exact) mass is 307 g/mol. The van der Waals surface area contributed by atoms with Gasteiger partial charge in [-0.3, -0.25) is 4.79 Å². The van der Waals surface area contributed by atoms with Gasteiger partial charge in [0.1, 0.15) is 0 Å². The third kappa shape index (κ3) is 3.64. The van der Waals surface area contributed by atoms with Gasteiger partial charge in [0.2, 0.25) is 5.91 Å². The third-order valence-electron chi connectivity index (χ3n) is 5.02.